The molecule has 0 unspecified atom stereocenters. The third kappa shape index (κ3) is 5.92. The molecule has 2 aromatic rings. The molecule has 2 aliphatic rings. The van der Waals surface area contributed by atoms with Crippen LogP contribution in [0.25, 0.3) is 0 Å². The van der Waals surface area contributed by atoms with E-state index in [9.17, 15) is 9.90 Å². The Balaban J connectivity index is 1.26. The van der Waals surface area contributed by atoms with Gasteiger partial charge in [0.25, 0.3) is 0 Å². The molecule has 0 spiro atoms. The van der Waals surface area contributed by atoms with Crippen molar-refractivity contribution in [3.05, 3.63) is 46.6 Å². The molecule has 0 radical (unpaired) electrons. The van der Waals surface area contributed by atoms with E-state index >= 15 is 0 Å². The van der Waals surface area contributed by atoms with Crippen molar-refractivity contribution in [1.29, 1.82) is 0 Å². The number of unbranched alkanes of at least 4 members (excludes halogenated alkanes) is 1. The third-order valence-electron chi connectivity index (χ3n) is 6.62. The van der Waals surface area contributed by atoms with Crippen LogP contribution in [0.15, 0.2) is 35.4 Å². The van der Waals surface area contributed by atoms with Crippen LogP contribution < -0.4 is 22.1 Å². The molecule has 9 nitrogen and oxygen atoms in total. The summed E-state index contributed by atoms with van der Waals surface area (Å²) in [6, 6.07) is 5.86. The first-order chi connectivity index (χ1) is 15.5. The lowest BCUT2D eigenvalue weighted by molar-refractivity contribution is 0.00566. The minimum atomic E-state index is -0.823. The summed E-state index contributed by atoms with van der Waals surface area (Å²) in [5.74, 6) is 1.06. The molecule has 0 amide bonds. The van der Waals surface area contributed by atoms with E-state index in [4.69, 9.17) is 5.73 Å². The standard InChI is InChI=1S/C23H35N7O2/c24-19-5-14-29(15-6-19)12-1-2-13-30-16-7-21(28-22(30)31)27-20-4-3-18(17-26-20)23(32)8-10-25-11-9-23/h3-4,7,16-17,19,25,32H,1-2,5-6,8-15,24H2,(H,26,27,28,31). The van der Waals surface area contributed by atoms with Gasteiger partial charge in [0.1, 0.15) is 11.6 Å². The van der Waals surface area contributed by atoms with Gasteiger partial charge in [0.05, 0.1) is 5.60 Å². The third-order valence-corrected chi connectivity index (χ3v) is 6.62. The molecule has 2 aromatic heterocycles. The van der Waals surface area contributed by atoms with E-state index in [0.29, 0.717) is 37.1 Å². The second-order valence-corrected chi connectivity index (χ2v) is 9.01. The molecule has 0 aliphatic carbocycles. The van der Waals surface area contributed by atoms with Crippen LogP contribution in [0.1, 0.15) is 44.1 Å². The van der Waals surface area contributed by atoms with E-state index in [2.05, 4.69) is 25.5 Å². The number of rotatable bonds is 8. The topological polar surface area (TPSA) is 121 Å². The lowest BCUT2D eigenvalue weighted by atomic mass is 9.86. The molecule has 0 bridgehead atoms. The number of anilines is 2. The number of nitrogens with two attached hydrogens (primary N) is 1. The normalized spacial score (nSPS) is 19.7. The van der Waals surface area contributed by atoms with Crippen molar-refractivity contribution in [2.24, 2.45) is 5.73 Å². The molecule has 2 aliphatic heterocycles. The summed E-state index contributed by atoms with van der Waals surface area (Å²) in [5.41, 5.74) is 5.69. The van der Waals surface area contributed by atoms with Gasteiger partial charge in [-0.05, 0) is 83.4 Å². The molecular formula is C23H35N7O2. The first kappa shape index (κ1) is 22.8. The summed E-state index contributed by atoms with van der Waals surface area (Å²) in [6.07, 6.45) is 8.98. The quantitative estimate of drug-likeness (QED) is 0.450. The van der Waals surface area contributed by atoms with Gasteiger partial charge in [-0.1, -0.05) is 6.07 Å². The molecule has 4 rings (SSSR count). The number of hydrogen-bond acceptors (Lipinski definition) is 8. The van der Waals surface area contributed by atoms with Gasteiger partial charge in [-0.25, -0.2) is 9.78 Å². The monoisotopic (exact) mass is 441 g/mol. The predicted octanol–water partition coefficient (Wildman–Crippen LogP) is 1.16. The highest BCUT2D eigenvalue weighted by molar-refractivity contribution is 5.51. The second-order valence-electron chi connectivity index (χ2n) is 9.01. The Labute approximate surface area is 189 Å². The Bertz CT molecular complexity index is 917. The average molecular weight is 442 g/mol. The van der Waals surface area contributed by atoms with Crippen molar-refractivity contribution in [2.45, 2.75) is 56.7 Å². The molecular weight excluding hydrogens is 406 g/mol. The zero-order valence-electron chi connectivity index (χ0n) is 18.7. The molecule has 0 atom stereocenters. The zero-order chi connectivity index (χ0) is 22.4. The van der Waals surface area contributed by atoms with Gasteiger partial charge in [-0.2, -0.15) is 4.98 Å². The number of nitrogens with one attached hydrogen (secondary N) is 2. The lowest BCUT2D eigenvalue weighted by Crippen LogP contribution is -2.40. The Hall–Kier alpha value is -2.33. The molecule has 2 saturated heterocycles. The molecule has 174 valence electrons. The van der Waals surface area contributed by atoms with Crippen LogP contribution in [-0.4, -0.2) is 63.3 Å². The molecule has 0 saturated carbocycles. The van der Waals surface area contributed by atoms with Crippen molar-refractivity contribution >= 4 is 11.6 Å². The molecule has 5 N–H and O–H groups in total. The summed E-state index contributed by atoms with van der Waals surface area (Å²) in [7, 11) is 0. The number of aliphatic hydroxyl groups is 1. The van der Waals surface area contributed by atoms with Gasteiger partial charge >= 0.3 is 5.69 Å². The average Bonchev–Trinajstić information content (AvgIpc) is 2.80. The van der Waals surface area contributed by atoms with E-state index < -0.39 is 5.60 Å². The van der Waals surface area contributed by atoms with Crippen LogP contribution in [0.5, 0.6) is 0 Å². The first-order valence-corrected chi connectivity index (χ1v) is 11.7. The maximum absolute atomic E-state index is 12.4. The highest BCUT2D eigenvalue weighted by atomic mass is 16.3. The maximum atomic E-state index is 12.4. The van der Waals surface area contributed by atoms with Crippen LogP contribution in [0, 0.1) is 0 Å². The van der Waals surface area contributed by atoms with Crippen LogP contribution >= 0.6 is 0 Å². The first-order valence-electron chi connectivity index (χ1n) is 11.7. The van der Waals surface area contributed by atoms with E-state index in [1.165, 1.54) is 0 Å². The van der Waals surface area contributed by atoms with Gasteiger partial charge < -0.3 is 26.4 Å². The smallest absolute Gasteiger partial charge is 0.349 e. The number of nitrogens with zero attached hydrogens (tertiary/aromatic N) is 4. The van der Waals surface area contributed by atoms with Crippen LogP contribution in [0.4, 0.5) is 11.6 Å². The Morgan fingerprint density at radius 3 is 2.56 bits per heavy atom. The van der Waals surface area contributed by atoms with Crippen LogP contribution in [0.3, 0.4) is 0 Å². The highest BCUT2D eigenvalue weighted by Gasteiger charge is 2.31. The Morgan fingerprint density at radius 2 is 1.88 bits per heavy atom. The molecule has 2 fully saturated rings. The Morgan fingerprint density at radius 1 is 1.12 bits per heavy atom. The lowest BCUT2D eigenvalue weighted by Gasteiger charge is -2.32. The van der Waals surface area contributed by atoms with E-state index in [0.717, 1.165) is 64.0 Å². The molecule has 4 heterocycles. The fourth-order valence-corrected chi connectivity index (χ4v) is 4.47. The fraction of sp³-hybridized carbons (Fsp3) is 0.609. The zero-order valence-corrected chi connectivity index (χ0v) is 18.7. The molecule has 32 heavy (non-hydrogen) atoms. The number of aryl methyl sites for hydroxylation is 1. The largest absolute Gasteiger partial charge is 0.385 e. The van der Waals surface area contributed by atoms with Crippen molar-refractivity contribution in [3.8, 4) is 0 Å². The second kappa shape index (κ2) is 10.5. The molecule has 0 aromatic carbocycles. The summed E-state index contributed by atoms with van der Waals surface area (Å²) < 4.78 is 1.65. The van der Waals surface area contributed by atoms with Gasteiger partial charge in [0.15, 0.2) is 0 Å². The highest BCUT2D eigenvalue weighted by Crippen LogP contribution is 2.30. The van der Waals surface area contributed by atoms with E-state index in [1.54, 1.807) is 23.0 Å². The van der Waals surface area contributed by atoms with Gasteiger partial charge in [0.2, 0.25) is 0 Å². The van der Waals surface area contributed by atoms with Gasteiger partial charge in [-0.15, -0.1) is 0 Å². The number of hydrogen-bond donors (Lipinski definition) is 4. The number of likely N-dealkylation sites (tertiary alicyclic amines) is 1. The van der Waals surface area contributed by atoms with Crippen molar-refractivity contribution in [3.63, 3.8) is 0 Å². The number of aromatic nitrogens is 3. The number of pyridine rings is 1. The summed E-state index contributed by atoms with van der Waals surface area (Å²) in [5, 5.41) is 17.1. The predicted molar refractivity (Wildman–Crippen MR) is 125 cm³/mol. The van der Waals surface area contributed by atoms with E-state index in [1.807, 2.05) is 12.1 Å². The van der Waals surface area contributed by atoms with Gasteiger partial charge in [0, 0.05) is 30.5 Å². The van der Waals surface area contributed by atoms with Crippen LogP contribution in [-0.2, 0) is 12.1 Å². The van der Waals surface area contributed by atoms with Crippen molar-refractivity contribution in [2.75, 3.05) is 38.0 Å². The minimum Gasteiger partial charge on any atom is -0.385 e. The SMILES string of the molecule is NC1CCN(CCCCn2ccc(Nc3ccc(C4(O)CCNCC4)cn3)nc2=O)CC1. The molecule has 9 heteroatoms. The number of piperidine rings is 2. The summed E-state index contributed by atoms with van der Waals surface area (Å²) >= 11 is 0. The van der Waals surface area contributed by atoms with E-state index in [-0.39, 0.29) is 5.69 Å². The van der Waals surface area contributed by atoms with Crippen molar-refractivity contribution < 1.29 is 5.11 Å². The summed E-state index contributed by atoms with van der Waals surface area (Å²) in [6.45, 7) is 5.47. The van der Waals surface area contributed by atoms with Crippen molar-refractivity contribution in [1.82, 2.24) is 24.8 Å². The fourth-order valence-electron chi connectivity index (χ4n) is 4.47. The van der Waals surface area contributed by atoms with Gasteiger partial charge in [-0.3, -0.25) is 4.57 Å². The Kier molecular flexibility index (Phi) is 7.51. The summed E-state index contributed by atoms with van der Waals surface area (Å²) in [4.78, 5) is 23.4. The minimum absolute atomic E-state index is 0.264. The maximum Gasteiger partial charge on any atom is 0.349 e. The van der Waals surface area contributed by atoms with Crippen LogP contribution in [0.2, 0.25) is 0 Å².